The highest BCUT2D eigenvalue weighted by molar-refractivity contribution is 5.45. The quantitative estimate of drug-likeness (QED) is 0.387. The van der Waals surface area contributed by atoms with E-state index in [4.69, 9.17) is 10.8 Å². The van der Waals surface area contributed by atoms with Gasteiger partial charge in [0, 0.05) is 4.91 Å². The fourth-order valence-corrected chi connectivity index (χ4v) is 2.11. The predicted molar refractivity (Wildman–Crippen MR) is 56.0 cm³/mol. The normalized spacial score (nSPS) is 18.5. The molecule has 0 heterocycles. The van der Waals surface area contributed by atoms with Crippen molar-refractivity contribution in [2.24, 2.45) is 5.11 Å². The molecule has 0 aromatic heterocycles. The summed E-state index contributed by atoms with van der Waals surface area (Å²) in [4.78, 5) is 2.86. The van der Waals surface area contributed by atoms with Gasteiger partial charge in [-0.3, -0.25) is 0 Å². The molecule has 4 nitrogen and oxygen atoms in total. The number of nitriles is 1. The van der Waals surface area contributed by atoms with Crippen molar-refractivity contribution in [2.45, 2.75) is 25.3 Å². The van der Waals surface area contributed by atoms with Gasteiger partial charge in [-0.1, -0.05) is 17.2 Å². The lowest BCUT2D eigenvalue weighted by molar-refractivity contribution is 0.567. The second kappa shape index (κ2) is 4.04. The molecule has 0 saturated carbocycles. The van der Waals surface area contributed by atoms with Gasteiger partial charge < -0.3 is 0 Å². The molecule has 1 aliphatic rings. The summed E-state index contributed by atoms with van der Waals surface area (Å²) in [5.41, 5.74) is 11.3. The van der Waals surface area contributed by atoms with Gasteiger partial charge in [0.05, 0.1) is 17.7 Å². The van der Waals surface area contributed by atoms with Crippen LogP contribution < -0.4 is 0 Å². The molecular weight excluding hydrogens is 188 g/mol. The van der Waals surface area contributed by atoms with Crippen LogP contribution in [0.15, 0.2) is 23.3 Å². The van der Waals surface area contributed by atoms with E-state index >= 15 is 0 Å². The number of hydrogen-bond donors (Lipinski definition) is 0. The second-order valence-corrected chi connectivity index (χ2v) is 3.60. The highest BCUT2D eigenvalue weighted by Gasteiger charge is 2.20. The molecule has 2 rings (SSSR count). The first-order chi connectivity index (χ1) is 7.36. The van der Waals surface area contributed by atoms with Crippen LogP contribution in [0.3, 0.4) is 0 Å². The Labute approximate surface area is 87.8 Å². The molecule has 0 amide bonds. The Morgan fingerprint density at radius 3 is 3.13 bits per heavy atom. The van der Waals surface area contributed by atoms with E-state index in [2.05, 4.69) is 16.1 Å². The van der Waals surface area contributed by atoms with Crippen molar-refractivity contribution in [2.75, 3.05) is 0 Å². The average molecular weight is 198 g/mol. The Hall–Kier alpha value is -1.98. The van der Waals surface area contributed by atoms with Crippen molar-refractivity contribution < 1.29 is 0 Å². The van der Waals surface area contributed by atoms with Gasteiger partial charge in [-0.25, -0.2) is 0 Å². The molecule has 0 aliphatic heterocycles. The minimum absolute atomic E-state index is 0.0907. The first kappa shape index (κ1) is 9.57. The lowest BCUT2D eigenvalue weighted by Gasteiger charge is -2.22. The van der Waals surface area contributed by atoms with Gasteiger partial charge in [-0.15, -0.1) is 0 Å². The standard InChI is InChI=1S/C11H10N4/c12-7-8-3-1-5-10-9(8)4-2-6-11(10)14-15-13/h1,3,5,11H,2,4,6H2. The molecule has 1 atom stereocenters. The van der Waals surface area contributed by atoms with Crippen molar-refractivity contribution in [1.82, 2.24) is 0 Å². The lowest BCUT2D eigenvalue weighted by Crippen LogP contribution is -2.09. The van der Waals surface area contributed by atoms with E-state index in [0.29, 0.717) is 5.56 Å². The molecule has 0 saturated heterocycles. The molecule has 1 aliphatic carbocycles. The highest BCUT2D eigenvalue weighted by Crippen LogP contribution is 2.34. The van der Waals surface area contributed by atoms with Crippen LogP contribution in [0.1, 0.15) is 35.6 Å². The molecule has 0 spiro atoms. The van der Waals surface area contributed by atoms with Crippen LogP contribution in [0.25, 0.3) is 10.4 Å². The lowest BCUT2D eigenvalue weighted by atomic mass is 9.85. The van der Waals surface area contributed by atoms with Gasteiger partial charge in [-0.2, -0.15) is 5.26 Å². The Morgan fingerprint density at radius 1 is 1.53 bits per heavy atom. The SMILES string of the molecule is N#Cc1cccc2c1CCCC2N=[N+]=[N-]. The van der Waals surface area contributed by atoms with Gasteiger partial charge in [0.2, 0.25) is 0 Å². The van der Waals surface area contributed by atoms with Crippen molar-refractivity contribution >= 4 is 0 Å². The van der Waals surface area contributed by atoms with Gasteiger partial charge in [0.25, 0.3) is 0 Å². The number of benzene rings is 1. The molecule has 1 aromatic rings. The summed E-state index contributed by atoms with van der Waals surface area (Å²) in [6.07, 6.45) is 2.78. The maximum Gasteiger partial charge on any atom is 0.0994 e. The van der Waals surface area contributed by atoms with Gasteiger partial charge in [0.1, 0.15) is 0 Å². The number of hydrogen-bond acceptors (Lipinski definition) is 2. The smallest absolute Gasteiger partial charge is 0.0994 e. The van der Waals surface area contributed by atoms with Crippen molar-refractivity contribution in [3.05, 3.63) is 45.3 Å². The summed E-state index contributed by atoms with van der Waals surface area (Å²) in [5, 5.41) is 12.7. The summed E-state index contributed by atoms with van der Waals surface area (Å²) >= 11 is 0. The van der Waals surface area contributed by atoms with E-state index < -0.39 is 0 Å². The van der Waals surface area contributed by atoms with E-state index in [1.54, 1.807) is 0 Å². The first-order valence-corrected chi connectivity index (χ1v) is 4.93. The topological polar surface area (TPSA) is 72.5 Å². The van der Waals surface area contributed by atoms with E-state index in [-0.39, 0.29) is 6.04 Å². The monoisotopic (exact) mass is 198 g/mol. The summed E-state index contributed by atoms with van der Waals surface area (Å²) in [5.74, 6) is 0. The molecule has 15 heavy (non-hydrogen) atoms. The third-order valence-corrected chi connectivity index (χ3v) is 2.79. The van der Waals surface area contributed by atoms with Crippen LogP contribution in [-0.2, 0) is 6.42 Å². The largest absolute Gasteiger partial charge is 0.192 e. The molecule has 1 aromatic carbocycles. The zero-order valence-electron chi connectivity index (χ0n) is 8.22. The number of rotatable bonds is 1. The van der Waals surface area contributed by atoms with E-state index in [9.17, 15) is 0 Å². The van der Waals surface area contributed by atoms with Crippen molar-refractivity contribution in [3.63, 3.8) is 0 Å². The Balaban J connectivity index is 2.54. The summed E-state index contributed by atoms with van der Waals surface area (Å²) in [6, 6.07) is 7.71. The molecule has 0 bridgehead atoms. The van der Waals surface area contributed by atoms with Gasteiger partial charge in [-0.05, 0) is 42.0 Å². The number of nitrogens with zero attached hydrogens (tertiary/aromatic N) is 4. The van der Waals surface area contributed by atoms with Gasteiger partial charge in [0.15, 0.2) is 0 Å². The second-order valence-electron chi connectivity index (χ2n) is 3.60. The van der Waals surface area contributed by atoms with Crippen molar-refractivity contribution in [1.29, 1.82) is 5.26 Å². The Bertz CT molecular complexity index is 466. The summed E-state index contributed by atoms with van der Waals surface area (Å²) in [7, 11) is 0. The number of azide groups is 1. The molecule has 74 valence electrons. The van der Waals surface area contributed by atoms with Crippen molar-refractivity contribution in [3.8, 4) is 6.07 Å². The maximum atomic E-state index is 8.96. The van der Waals surface area contributed by atoms with Crippen LogP contribution >= 0.6 is 0 Å². The average Bonchev–Trinajstić information content (AvgIpc) is 2.29. The Kier molecular flexibility index (Phi) is 2.57. The zero-order chi connectivity index (χ0) is 10.7. The predicted octanol–water partition coefficient (Wildman–Crippen LogP) is 3.25. The van der Waals surface area contributed by atoms with Crippen LogP contribution in [0.4, 0.5) is 0 Å². The molecule has 4 heteroatoms. The van der Waals surface area contributed by atoms with E-state index in [1.807, 2.05) is 18.2 Å². The maximum absolute atomic E-state index is 8.96. The third kappa shape index (κ3) is 1.65. The molecule has 1 unspecified atom stereocenters. The van der Waals surface area contributed by atoms with Crippen LogP contribution in [-0.4, -0.2) is 0 Å². The van der Waals surface area contributed by atoms with E-state index in [1.165, 1.54) is 0 Å². The number of fused-ring (bicyclic) bond motifs is 1. The van der Waals surface area contributed by atoms with E-state index in [0.717, 1.165) is 30.4 Å². The van der Waals surface area contributed by atoms with Crippen LogP contribution in [0.2, 0.25) is 0 Å². The zero-order valence-corrected chi connectivity index (χ0v) is 8.22. The summed E-state index contributed by atoms with van der Waals surface area (Å²) in [6.45, 7) is 0. The molecule has 0 fully saturated rings. The molecule has 0 N–H and O–H groups in total. The summed E-state index contributed by atoms with van der Waals surface area (Å²) < 4.78 is 0. The fraction of sp³-hybridized carbons (Fsp3) is 0.364. The minimum atomic E-state index is -0.0907. The third-order valence-electron chi connectivity index (χ3n) is 2.79. The molecule has 0 radical (unpaired) electrons. The van der Waals surface area contributed by atoms with Gasteiger partial charge >= 0.3 is 0 Å². The highest BCUT2D eigenvalue weighted by atomic mass is 15.1. The Morgan fingerprint density at radius 2 is 2.40 bits per heavy atom. The minimum Gasteiger partial charge on any atom is -0.192 e. The molecular formula is C11H10N4. The fourth-order valence-electron chi connectivity index (χ4n) is 2.11. The first-order valence-electron chi connectivity index (χ1n) is 4.93. The van der Waals surface area contributed by atoms with Crippen LogP contribution in [0.5, 0.6) is 0 Å². The van der Waals surface area contributed by atoms with Crippen LogP contribution in [0, 0.1) is 11.3 Å².